The van der Waals surface area contributed by atoms with Crippen molar-refractivity contribution in [3.05, 3.63) is 0 Å². The molecule has 0 amide bonds. The highest BCUT2D eigenvalue weighted by molar-refractivity contribution is 14.1. The van der Waals surface area contributed by atoms with Crippen LogP contribution in [-0.2, 0) is 9.16 Å². The van der Waals surface area contributed by atoms with E-state index in [0.29, 0.717) is 4.61 Å². The normalized spacial score (nSPS) is 15.3. The minimum Gasteiger partial charge on any atom is -0.393 e. The van der Waals surface area contributed by atoms with Crippen LogP contribution < -0.4 is 0 Å². The summed E-state index contributed by atoms with van der Waals surface area (Å²) in [6.07, 6.45) is -0.0384. The van der Waals surface area contributed by atoms with E-state index >= 15 is 0 Å². The Hall–Kier alpha value is 0.867. The van der Waals surface area contributed by atoms with Crippen LogP contribution in [-0.4, -0.2) is 19.2 Å². The van der Waals surface area contributed by atoms with Crippen molar-refractivity contribution < 1.29 is 9.16 Å². The van der Waals surface area contributed by atoms with Gasteiger partial charge in [-0.05, 0) is 26.6 Å². The van der Waals surface area contributed by atoms with E-state index in [1.807, 2.05) is 6.92 Å². The van der Waals surface area contributed by atoms with Crippen molar-refractivity contribution in [3.63, 3.8) is 0 Å². The molecule has 0 radical (unpaired) electrons. The summed E-state index contributed by atoms with van der Waals surface area (Å²) in [7, 11) is -1.39. The minimum absolute atomic E-state index is 0.0384. The average molecular weight is 274 g/mol. The van der Waals surface area contributed by atoms with Crippen molar-refractivity contribution in [1.29, 1.82) is 0 Å². The Morgan fingerprint density at radius 1 is 1.40 bits per heavy atom. The van der Waals surface area contributed by atoms with Crippen LogP contribution in [0.2, 0.25) is 19.6 Å². The molecule has 1 unspecified atom stereocenters. The average Bonchev–Trinajstić information content (AvgIpc) is 1.59. The highest BCUT2D eigenvalue weighted by atomic mass is 127. The van der Waals surface area contributed by atoms with E-state index in [1.165, 1.54) is 0 Å². The van der Waals surface area contributed by atoms with Crippen LogP contribution in [0.15, 0.2) is 0 Å². The molecule has 0 aromatic carbocycles. The highest BCUT2D eigenvalue weighted by Crippen LogP contribution is 2.08. The zero-order chi connectivity index (χ0) is 8.20. The molecule has 0 N–H and O–H groups in total. The molecule has 62 valence electrons. The Labute approximate surface area is 77.6 Å². The lowest BCUT2D eigenvalue weighted by Crippen LogP contribution is -2.31. The highest BCUT2D eigenvalue weighted by Gasteiger charge is 2.17. The van der Waals surface area contributed by atoms with Crippen LogP contribution in [0.5, 0.6) is 0 Å². The van der Waals surface area contributed by atoms with Crippen molar-refractivity contribution in [2.75, 3.05) is 4.61 Å². The largest absolute Gasteiger partial charge is 0.393 e. The Kier molecular flexibility index (Phi) is 5.09. The first-order valence-corrected chi connectivity index (χ1v) is 8.24. The molecule has 0 fully saturated rings. The van der Waals surface area contributed by atoms with Gasteiger partial charge in [0.25, 0.3) is 0 Å². The maximum absolute atomic E-state index is 5.59. The summed E-state index contributed by atoms with van der Waals surface area (Å²) in [5, 5.41) is 0. The van der Waals surface area contributed by atoms with E-state index < -0.39 is 8.32 Å². The molecule has 0 saturated carbocycles. The molecule has 0 spiro atoms. The number of ether oxygens (including phenoxy) is 1. The maximum atomic E-state index is 5.59. The topological polar surface area (TPSA) is 18.5 Å². The molecular weight excluding hydrogens is 259 g/mol. The Morgan fingerprint density at radius 2 is 1.90 bits per heavy atom. The van der Waals surface area contributed by atoms with E-state index in [-0.39, 0.29) is 6.29 Å². The van der Waals surface area contributed by atoms with Gasteiger partial charge in [0.1, 0.15) is 10.9 Å². The third-order valence-corrected chi connectivity index (χ3v) is 2.22. The van der Waals surface area contributed by atoms with Gasteiger partial charge in [0.15, 0.2) is 8.32 Å². The lowest BCUT2D eigenvalue weighted by Gasteiger charge is -2.22. The fourth-order valence-corrected chi connectivity index (χ4v) is 2.19. The quantitative estimate of drug-likeness (QED) is 0.339. The van der Waals surface area contributed by atoms with E-state index in [2.05, 4.69) is 42.2 Å². The molecule has 1 atom stereocenters. The predicted molar refractivity (Wildman–Crippen MR) is 53.9 cm³/mol. The second kappa shape index (κ2) is 4.69. The second-order valence-corrected chi connectivity index (χ2v) is 8.16. The van der Waals surface area contributed by atoms with Gasteiger partial charge < -0.3 is 9.16 Å². The molecule has 2 nitrogen and oxygen atoms in total. The predicted octanol–water partition coefficient (Wildman–Crippen LogP) is 2.59. The van der Waals surface area contributed by atoms with E-state index in [9.17, 15) is 0 Å². The molecule has 0 aliphatic heterocycles. The molecule has 4 heteroatoms. The first-order valence-electron chi connectivity index (χ1n) is 3.31. The Morgan fingerprint density at radius 3 is 2.20 bits per heavy atom. The van der Waals surface area contributed by atoms with Gasteiger partial charge in [-0.2, -0.15) is 0 Å². The van der Waals surface area contributed by atoms with Crippen LogP contribution in [0, 0.1) is 0 Å². The number of hydrogen-bond acceptors (Lipinski definition) is 2. The van der Waals surface area contributed by atoms with Gasteiger partial charge >= 0.3 is 0 Å². The van der Waals surface area contributed by atoms with E-state index in [1.54, 1.807) is 0 Å². The lowest BCUT2D eigenvalue weighted by atomic mass is 10.8. The SMILES string of the molecule is CC(OCI)O[Si](C)(C)C. The van der Waals surface area contributed by atoms with Crippen molar-refractivity contribution in [2.24, 2.45) is 0 Å². The number of rotatable bonds is 4. The van der Waals surface area contributed by atoms with Crippen molar-refractivity contribution in [3.8, 4) is 0 Å². The van der Waals surface area contributed by atoms with Crippen LogP contribution in [0.25, 0.3) is 0 Å². The molecule has 0 aliphatic rings. The first-order chi connectivity index (χ1) is 4.45. The fourth-order valence-electron chi connectivity index (χ4n) is 0.621. The van der Waals surface area contributed by atoms with Crippen LogP contribution in [0.3, 0.4) is 0 Å². The van der Waals surface area contributed by atoms with E-state index in [4.69, 9.17) is 9.16 Å². The lowest BCUT2D eigenvalue weighted by molar-refractivity contribution is -0.0477. The van der Waals surface area contributed by atoms with Crippen LogP contribution in [0.4, 0.5) is 0 Å². The summed E-state index contributed by atoms with van der Waals surface area (Å²) in [4.78, 5) is 0. The summed E-state index contributed by atoms with van der Waals surface area (Å²) < 4.78 is 11.5. The zero-order valence-corrected chi connectivity index (χ0v) is 10.1. The summed E-state index contributed by atoms with van der Waals surface area (Å²) in [5.41, 5.74) is 0. The first kappa shape index (κ1) is 10.9. The van der Waals surface area contributed by atoms with Crippen molar-refractivity contribution in [1.82, 2.24) is 0 Å². The van der Waals surface area contributed by atoms with Gasteiger partial charge in [-0.15, -0.1) is 0 Å². The van der Waals surface area contributed by atoms with Crippen molar-refractivity contribution >= 4 is 30.9 Å². The maximum Gasteiger partial charge on any atom is 0.187 e. The molecule has 0 aliphatic carbocycles. The molecule has 0 aromatic rings. The van der Waals surface area contributed by atoms with Gasteiger partial charge in [0, 0.05) is 0 Å². The molecule has 0 aromatic heterocycles. The Balaban J connectivity index is 3.47. The fraction of sp³-hybridized carbons (Fsp3) is 1.00. The molecule has 10 heavy (non-hydrogen) atoms. The monoisotopic (exact) mass is 274 g/mol. The summed E-state index contributed by atoms with van der Waals surface area (Å²) >= 11 is 2.17. The molecule has 0 heterocycles. The summed E-state index contributed by atoms with van der Waals surface area (Å²) in [6.45, 7) is 8.40. The molecule has 0 saturated heterocycles. The summed E-state index contributed by atoms with van der Waals surface area (Å²) in [5.74, 6) is 0. The smallest absolute Gasteiger partial charge is 0.187 e. The number of alkyl halides is 1. The van der Waals surface area contributed by atoms with Crippen molar-refractivity contribution in [2.45, 2.75) is 32.9 Å². The van der Waals surface area contributed by atoms with Gasteiger partial charge in [-0.1, -0.05) is 22.6 Å². The third kappa shape index (κ3) is 6.98. The molecular formula is C6H15IO2Si. The summed E-state index contributed by atoms with van der Waals surface area (Å²) in [6, 6.07) is 0. The Bertz CT molecular complexity index is 92.2. The van der Waals surface area contributed by atoms with Gasteiger partial charge in [-0.25, -0.2) is 0 Å². The van der Waals surface area contributed by atoms with Gasteiger partial charge in [-0.3, -0.25) is 0 Å². The van der Waals surface area contributed by atoms with Gasteiger partial charge in [0.2, 0.25) is 0 Å². The number of hydrogen-bond donors (Lipinski definition) is 0. The second-order valence-electron chi connectivity index (χ2n) is 3.07. The third-order valence-electron chi connectivity index (χ3n) is 0.817. The number of halogens is 1. The van der Waals surface area contributed by atoms with Crippen LogP contribution in [0.1, 0.15) is 6.92 Å². The zero-order valence-electron chi connectivity index (χ0n) is 6.98. The molecule has 0 rings (SSSR count). The standard InChI is InChI=1S/C6H15IO2Si/c1-6(8-5-7)9-10(2,3)4/h6H,5H2,1-4H3. The molecule has 0 bridgehead atoms. The van der Waals surface area contributed by atoms with E-state index in [0.717, 1.165) is 0 Å². The minimum atomic E-state index is -1.39. The van der Waals surface area contributed by atoms with Crippen LogP contribution >= 0.6 is 22.6 Å². The van der Waals surface area contributed by atoms with Gasteiger partial charge in [0.05, 0.1) is 0 Å².